The standard InChI is InChI=1S/C12H24N2O/c1-10(2)14-8-11-7-12(15-9-11)3-5-13-6-4-12/h10-11,13-14H,3-9H2,1-2H3. The molecule has 3 heteroatoms. The Kier molecular flexibility index (Phi) is 3.65. The molecular weight excluding hydrogens is 188 g/mol. The molecule has 1 atom stereocenters. The van der Waals surface area contributed by atoms with Crippen LogP contribution in [0.5, 0.6) is 0 Å². The number of ether oxygens (including phenoxy) is 1. The molecule has 0 aromatic rings. The number of nitrogens with one attached hydrogen (secondary N) is 2. The summed E-state index contributed by atoms with van der Waals surface area (Å²) in [7, 11) is 0. The highest BCUT2D eigenvalue weighted by Crippen LogP contribution is 2.36. The van der Waals surface area contributed by atoms with Gasteiger partial charge in [0.1, 0.15) is 0 Å². The zero-order chi connectivity index (χ0) is 10.7. The fourth-order valence-electron chi connectivity index (χ4n) is 2.70. The molecule has 0 saturated carbocycles. The molecule has 2 heterocycles. The Balaban J connectivity index is 1.78. The maximum absolute atomic E-state index is 6.05. The molecule has 88 valence electrons. The molecule has 2 aliphatic heterocycles. The van der Waals surface area contributed by atoms with Crippen LogP contribution in [0.25, 0.3) is 0 Å². The van der Waals surface area contributed by atoms with Crippen LogP contribution in [-0.4, -0.2) is 37.9 Å². The maximum atomic E-state index is 6.05. The molecule has 2 aliphatic rings. The van der Waals surface area contributed by atoms with Crippen LogP contribution in [0.4, 0.5) is 0 Å². The van der Waals surface area contributed by atoms with Gasteiger partial charge in [-0.25, -0.2) is 0 Å². The molecule has 2 N–H and O–H groups in total. The van der Waals surface area contributed by atoms with Gasteiger partial charge in [-0.15, -0.1) is 0 Å². The van der Waals surface area contributed by atoms with Crippen molar-refractivity contribution in [1.29, 1.82) is 0 Å². The van der Waals surface area contributed by atoms with E-state index in [0.29, 0.717) is 6.04 Å². The van der Waals surface area contributed by atoms with Gasteiger partial charge in [-0.3, -0.25) is 0 Å². The smallest absolute Gasteiger partial charge is 0.0710 e. The third-order valence-corrected chi connectivity index (χ3v) is 3.62. The second-order valence-electron chi connectivity index (χ2n) is 5.38. The molecule has 1 spiro atoms. The van der Waals surface area contributed by atoms with Crippen LogP contribution in [0.2, 0.25) is 0 Å². The Morgan fingerprint density at radius 1 is 1.40 bits per heavy atom. The first-order chi connectivity index (χ1) is 7.20. The van der Waals surface area contributed by atoms with E-state index >= 15 is 0 Å². The second-order valence-corrected chi connectivity index (χ2v) is 5.38. The Morgan fingerprint density at radius 2 is 2.13 bits per heavy atom. The fraction of sp³-hybridized carbons (Fsp3) is 1.00. The summed E-state index contributed by atoms with van der Waals surface area (Å²) in [5.41, 5.74) is 0.231. The lowest BCUT2D eigenvalue weighted by molar-refractivity contribution is -0.0196. The van der Waals surface area contributed by atoms with Crippen LogP contribution < -0.4 is 10.6 Å². The third-order valence-electron chi connectivity index (χ3n) is 3.62. The number of rotatable bonds is 3. The topological polar surface area (TPSA) is 33.3 Å². The Hall–Kier alpha value is -0.120. The van der Waals surface area contributed by atoms with Gasteiger partial charge >= 0.3 is 0 Å². The van der Waals surface area contributed by atoms with Gasteiger partial charge in [0.05, 0.1) is 12.2 Å². The molecule has 2 rings (SSSR count). The predicted octanol–water partition coefficient (Wildman–Crippen LogP) is 1.14. The molecule has 0 aliphatic carbocycles. The van der Waals surface area contributed by atoms with Crippen molar-refractivity contribution in [3.05, 3.63) is 0 Å². The minimum Gasteiger partial charge on any atom is -0.375 e. The SMILES string of the molecule is CC(C)NCC1COC2(CCNCC2)C1. The molecule has 0 radical (unpaired) electrons. The van der Waals surface area contributed by atoms with E-state index in [2.05, 4.69) is 24.5 Å². The summed E-state index contributed by atoms with van der Waals surface area (Å²) in [6, 6.07) is 0.592. The van der Waals surface area contributed by atoms with E-state index in [0.717, 1.165) is 32.2 Å². The fourth-order valence-corrected chi connectivity index (χ4v) is 2.70. The van der Waals surface area contributed by atoms with Crippen LogP contribution in [0.1, 0.15) is 33.1 Å². The van der Waals surface area contributed by atoms with Gasteiger partial charge in [0.15, 0.2) is 0 Å². The van der Waals surface area contributed by atoms with E-state index in [4.69, 9.17) is 4.74 Å². The zero-order valence-corrected chi connectivity index (χ0v) is 10.0. The lowest BCUT2D eigenvalue weighted by Gasteiger charge is -2.33. The summed E-state index contributed by atoms with van der Waals surface area (Å²) in [6.07, 6.45) is 3.66. The Morgan fingerprint density at radius 3 is 2.80 bits per heavy atom. The van der Waals surface area contributed by atoms with Crippen molar-refractivity contribution in [3.63, 3.8) is 0 Å². The normalized spacial score (nSPS) is 30.2. The van der Waals surface area contributed by atoms with Gasteiger partial charge in [0.25, 0.3) is 0 Å². The Labute approximate surface area is 93.0 Å². The van der Waals surface area contributed by atoms with Crippen molar-refractivity contribution in [2.24, 2.45) is 5.92 Å². The summed E-state index contributed by atoms with van der Waals surface area (Å²) in [4.78, 5) is 0. The molecule has 0 bridgehead atoms. The number of piperidine rings is 1. The van der Waals surface area contributed by atoms with Crippen LogP contribution in [0.15, 0.2) is 0 Å². The van der Waals surface area contributed by atoms with E-state index in [9.17, 15) is 0 Å². The number of hydrogen-bond donors (Lipinski definition) is 2. The molecule has 2 saturated heterocycles. The van der Waals surface area contributed by atoms with E-state index in [1.807, 2.05) is 0 Å². The first-order valence-corrected chi connectivity index (χ1v) is 6.28. The van der Waals surface area contributed by atoms with Crippen molar-refractivity contribution >= 4 is 0 Å². The molecular formula is C12H24N2O. The van der Waals surface area contributed by atoms with Gasteiger partial charge in [-0.2, -0.15) is 0 Å². The summed E-state index contributed by atoms with van der Waals surface area (Å²) >= 11 is 0. The first-order valence-electron chi connectivity index (χ1n) is 6.28. The minimum absolute atomic E-state index is 0.231. The quantitative estimate of drug-likeness (QED) is 0.736. The summed E-state index contributed by atoms with van der Waals surface area (Å²) in [6.45, 7) is 8.74. The number of hydrogen-bond acceptors (Lipinski definition) is 3. The van der Waals surface area contributed by atoms with Crippen LogP contribution >= 0.6 is 0 Å². The summed E-state index contributed by atoms with van der Waals surface area (Å²) in [5, 5.41) is 6.92. The molecule has 0 aromatic carbocycles. The molecule has 0 amide bonds. The molecule has 1 unspecified atom stereocenters. The molecule has 15 heavy (non-hydrogen) atoms. The lowest BCUT2D eigenvalue weighted by Crippen LogP contribution is -2.41. The van der Waals surface area contributed by atoms with E-state index < -0.39 is 0 Å². The molecule has 3 nitrogen and oxygen atoms in total. The van der Waals surface area contributed by atoms with E-state index in [1.165, 1.54) is 19.3 Å². The average molecular weight is 212 g/mol. The summed E-state index contributed by atoms with van der Waals surface area (Å²) in [5.74, 6) is 0.727. The average Bonchev–Trinajstić information content (AvgIpc) is 2.60. The van der Waals surface area contributed by atoms with Crippen molar-refractivity contribution in [2.75, 3.05) is 26.2 Å². The highest BCUT2D eigenvalue weighted by atomic mass is 16.5. The van der Waals surface area contributed by atoms with Crippen molar-refractivity contribution in [3.8, 4) is 0 Å². The maximum Gasteiger partial charge on any atom is 0.0710 e. The molecule has 2 fully saturated rings. The highest BCUT2D eigenvalue weighted by molar-refractivity contribution is 4.93. The third kappa shape index (κ3) is 2.92. The predicted molar refractivity (Wildman–Crippen MR) is 62.0 cm³/mol. The summed E-state index contributed by atoms with van der Waals surface area (Å²) < 4.78 is 6.05. The van der Waals surface area contributed by atoms with E-state index in [1.54, 1.807) is 0 Å². The van der Waals surface area contributed by atoms with Gasteiger partial charge in [0.2, 0.25) is 0 Å². The monoisotopic (exact) mass is 212 g/mol. The molecule has 0 aromatic heterocycles. The zero-order valence-electron chi connectivity index (χ0n) is 10.0. The van der Waals surface area contributed by atoms with Crippen LogP contribution in [-0.2, 0) is 4.74 Å². The van der Waals surface area contributed by atoms with Gasteiger partial charge in [0, 0.05) is 12.6 Å². The lowest BCUT2D eigenvalue weighted by atomic mass is 9.86. The van der Waals surface area contributed by atoms with E-state index in [-0.39, 0.29) is 5.60 Å². The second kappa shape index (κ2) is 4.81. The first kappa shape index (κ1) is 11.4. The van der Waals surface area contributed by atoms with Gasteiger partial charge in [-0.1, -0.05) is 13.8 Å². The van der Waals surface area contributed by atoms with Crippen molar-refractivity contribution in [1.82, 2.24) is 10.6 Å². The van der Waals surface area contributed by atoms with Crippen LogP contribution in [0, 0.1) is 5.92 Å². The highest BCUT2D eigenvalue weighted by Gasteiger charge is 2.40. The van der Waals surface area contributed by atoms with Crippen molar-refractivity contribution < 1.29 is 4.74 Å². The largest absolute Gasteiger partial charge is 0.375 e. The van der Waals surface area contributed by atoms with Crippen LogP contribution in [0.3, 0.4) is 0 Å². The van der Waals surface area contributed by atoms with Gasteiger partial charge < -0.3 is 15.4 Å². The minimum atomic E-state index is 0.231. The van der Waals surface area contributed by atoms with Crippen molar-refractivity contribution in [2.45, 2.75) is 44.8 Å². The van der Waals surface area contributed by atoms with Gasteiger partial charge in [-0.05, 0) is 38.3 Å². The Bertz CT molecular complexity index is 200.